The maximum Gasteiger partial charge on any atom is 0.270 e. The van der Waals surface area contributed by atoms with Crippen LogP contribution in [0.4, 0.5) is 10.9 Å². The number of carbonyl (C=O) groups is 1. The molecule has 1 aliphatic heterocycles. The Kier molecular flexibility index (Phi) is 8.05. The van der Waals surface area contributed by atoms with E-state index < -0.39 is 0 Å². The molecular formula is C24H31N9OS. The number of nitriles is 1. The lowest BCUT2D eigenvalue weighted by Crippen LogP contribution is -2.35. The molecule has 1 atom stereocenters. The lowest BCUT2D eigenvalue weighted by Gasteiger charge is -2.30. The maximum absolute atomic E-state index is 12.5. The molecule has 0 radical (unpaired) electrons. The van der Waals surface area contributed by atoms with Crippen LogP contribution < -0.4 is 10.6 Å². The van der Waals surface area contributed by atoms with Gasteiger partial charge in [-0.15, -0.1) is 11.3 Å². The Morgan fingerprint density at radius 3 is 2.86 bits per heavy atom. The third-order valence-corrected chi connectivity index (χ3v) is 6.70. The number of hydrogen-bond acceptors (Lipinski definition) is 9. The molecule has 0 unspecified atom stereocenters. The van der Waals surface area contributed by atoms with Crippen LogP contribution in [-0.2, 0) is 6.54 Å². The van der Waals surface area contributed by atoms with Gasteiger partial charge in [-0.2, -0.15) is 10.4 Å². The van der Waals surface area contributed by atoms with Gasteiger partial charge in [0.15, 0.2) is 5.13 Å². The van der Waals surface area contributed by atoms with Crippen molar-refractivity contribution >= 4 is 28.2 Å². The molecule has 1 saturated heterocycles. The minimum atomic E-state index is -0.193. The van der Waals surface area contributed by atoms with E-state index in [0.29, 0.717) is 29.7 Å². The number of amides is 1. The van der Waals surface area contributed by atoms with Gasteiger partial charge in [0.1, 0.15) is 17.3 Å². The van der Waals surface area contributed by atoms with Crippen molar-refractivity contribution in [1.82, 2.24) is 34.9 Å². The van der Waals surface area contributed by atoms with Crippen molar-refractivity contribution in [2.75, 3.05) is 31.5 Å². The smallest absolute Gasteiger partial charge is 0.270 e. The average Bonchev–Trinajstić information content (AvgIpc) is 3.42. The fraction of sp³-hybridized carbons (Fsp3) is 0.500. The molecule has 4 heterocycles. The lowest BCUT2D eigenvalue weighted by atomic mass is 9.97. The summed E-state index contributed by atoms with van der Waals surface area (Å²) in [6.45, 7) is 9.42. The SMILES string of the molecule is Cc1cc(Nc2nc(C(=O)NCCCn3nc(C)cc3C)cs2)nc([C@H]2CCCN(CC#N)C2)n1. The second kappa shape index (κ2) is 11.4. The van der Waals surface area contributed by atoms with Crippen molar-refractivity contribution in [3.05, 3.63) is 46.1 Å². The van der Waals surface area contributed by atoms with Crippen LogP contribution in [0.1, 0.15) is 58.6 Å². The predicted octanol–water partition coefficient (Wildman–Crippen LogP) is 3.32. The van der Waals surface area contributed by atoms with Gasteiger partial charge in [-0.05, 0) is 52.6 Å². The average molecular weight is 494 g/mol. The van der Waals surface area contributed by atoms with Crippen LogP contribution in [0.15, 0.2) is 17.5 Å². The summed E-state index contributed by atoms with van der Waals surface area (Å²) in [6, 6.07) is 6.15. The van der Waals surface area contributed by atoms with E-state index >= 15 is 0 Å². The molecule has 0 aromatic carbocycles. The molecule has 1 aliphatic rings. The van der Waals surface area contributed by atoms with Crippen molar-refractivity contribution in [3.63, 3.8) is 0 Å². The fourth-order valence-corrected chi connectivity index (χ4v) is 5.01. The molecule has 1 amide bonds. The van der Waals surface area contributed by atoms with Gasteiger partial charge in [-0.1, -0.05) is 0 Å². The third kappa shape index (κ3) is 6.61. The van der Waals surface area contributed by atoms with E-state index in [9.17, 15) is 4.79 Å². The molecule has 4 rings (SSSR count). The van der Waals surface area contributed by atoms with Crippen LogP contribution in [0.25, 0.3) is 0 Å². The minimum absolute atomic E-state index is 0.193. The summed E-state index contributed by atoms with van der Waals surface area (Å²) >= 11 is 1.37. The molecule has 0 saturated carbocycles. The molecule has 35 heavy (non-hydrogen) atoms. The van der Waals surface area contributed by atoms with Crippen LogP contribution in [0, 0.1) is 32.1 Å². The van der Waals surface area contributed by atoms with Crippen molar-refractivity contribution < 1.29 is 4.79 Å². The maximum atomic E-state index is 12.5. The summed E-state index contributed by atoms with van der Waals surface area (Å²) < 4.78 is 1.96. The number of aryl methyl sites for hydroxylation is 4. The Balaban J connectivity index is 1.32. The summed E-state index contributed by atoms with van der Waals surface area (Å²) in [5, 5.41) is 22.0. The zero-order chi connectivity index (χ0) is 24.8. The Bertz CT molecular complexity index is 1210. The molecule has 184 valence electrons. The largest absolute Gasteiger partial charge is 0.351 e. The first-order valence-corrected chi connectivity index (χ1v) is 12.8. The van der Waals surface area contributed by atoms with Gasteiger partial charge in [0.25, 0.3) is 5.91 Å². The fourth-order valence-electron chi connectivity index (χ4n) is 4.32. The Labute approximate surface area is 209 Å². The van der Waals surface area contributed by atoms with Gasteiger partial charge in [0.05, 0.1) is 18.3 Å². The Morgan fingerprint density at radius 2 is 2.09 bits per heavy atom. The second-order valence-electron chi connectivity index (χ2n) is 8.91. The summed E-state index contributed by atoms with van der Waals surface area (Å²) in [4.78, 5) is 28.5. The number of nitrogens with one attached hydrogen (secondary N) is 2. The molecule has 2 N–H and O–H groups in total. The van der Waals surface area contributed by atoms with E-state index in [1.54, 1.807) is 5.38 Å². The topological polar surface area (TPSA) is 125 Å². The van der Waals surface area contributed by atoms with Crippen LogP contribution in [0.3, 0.4) is 0 Å². The van der Waals surface area contributed by atoms with Crippen LogP contribution in [0.2, 0.25) is 0 Å². The quantitative estimate of drug-likeness (QED) is 0.344. The van der Waals surface area contributed by atoms with Crippen molar-refractivity contribution in [3.8, 4) is 6.07 Å². The number of carbonyl (C=O) groups excluding carboxylic acids is 1. The highest BCUT2D eigenvalue weighted by molar-refractivity contribution is 7.14. The standard InChI is InChI=1S/C24H31N9OS/c1-16-13-21(29-22(27-16)19-6-4-9-32(14-19)11-7-25)30-24-28-20(15-35-24)23(34)26-8-5-10-33-18(3)12-17(2)31-33/h12-13,15,19H,4-6,8-11,14H2,1-3H3,(H,26,34)(H,27,28,29,30)/t19-/m0/s1. The molecule has 3 aromatic heterocycles. The van der Waals surface area contributed by atoms with Crippen molar-refractivity contribution in [2.45, 2.75) is 52.5 Å². The number of thiazole rings is 1. The van der Waals surface area contributed by atoms with Crippen molar-refractivity contribution in [2.24, 2.45) is 0 Å². The molecular weight excluding hydrogens is 462 g/mol. The molecule has 3 aromatic rings. The number of piperidine rings is 1. The Hall–Kier alpha value is -3.36. The van der Waals surface area contributed by atoms with Gasteiger partial charge in [-0.25, -0.2) is 15.0 Å². The number of likely N-dealkylation sites (tertiary alicyclic amines) is 1. The lowest BCUT2D eigenvalue weighted by molar-refractivity contribution is 0.0948. The number of hydrogen-bond donors (Lipinski definition) is 2. The third-order valence-electron chi connectivity index (χ3n) is 5.94. The molecule has 1 fully saturated rings. The zero-order valence-electron chi connectivity index (χ0n) is 20.4. The molecule has 0 bridgehead atoms. The van der Waals surface area contributed by atoms with E-state index in [2.05, 4.69) is 36.7 Å². The molecule has 0 spiro atoms. The first-order chi connectivity index (χ1) is 16.9. The highest BCUT2D eigenvalue weighted by Crippen LogP contribution is 2.27. The van der Waals surface area contributed by atoms with Gasteiger partial charge in [-0.3, -0.25) is 14.4 Å². The normalized spacial score (nSPS) is 16.1. The molecule has 10 nitrogen and oxygen atoms in total. The molecule has 0 aliphatic carbocycles. The summed E-state index contributed by atoms with van der Waals surface area (Å²) in [6.07, 6.45) is 2.82. The van der Waals surface area contributed by atoms with E-state index in [-0.39, 0.29) is 11.8 Å². The number of aromatic nitrogens is 5. The highest BCUT2D eigenvalue weighted by Gasteiger charge is 2.24. The van der Waals surface area contributed by atoms with Gasteiger partial charge < -0.3 is 10.6 Å². The Morgan fingerprint density at radius 1 is 1.23 bits per heavy atom. The van der Waals surface area contributed by atoms with Gasteiger partial charge in [0, 0.05) is 48.4 Å². The van der Waals surface area contributed by atoms with Crippen LogP contribution in [0.5, 0.6) is 0 Å². The number of nitrogens with zero attached hydrogens (tertiary/aromatic N) is 7. The van der Waals surface area contributed by atoms with Crippen LogP contribution >= 0.6 is 11.3 Å². The van der Waals surface area contributed by atoms with Gasteiger partial charge >= 0.3 is 0 Å². The number of anilines is 2. The van der Waals surface area contributed by atoms with E-state index in [1.165, 1.54) is 11.3 Å². The second-order valence-corrected chi connectivity index (χ2v) is 9.77. The summed E-state index contributed by atoms with van der Waals surface area (Å²) in [7, 11) is 0. The van der Waals surface area contributed by atoms with Crippen LogP contribution in [-0.4, -0.2) is 61.7 Å². The van der Waals surface area contributed by atoms with Gasteiger partial charge in [0.2, 0.25) is 0 Å². The van der Waals surface area contributed by atoms with E-state index in [4.69, 9.17) is 10.2 Å². The number of rotatable bonds is 9. The summed E-state index contributed by atoms with van der Waals surface area (Å²) in [5.74, 6) is 1.45. The van der Waals surface area contributed by atoms with E-state index in [1.807, 2.05) is 37.6 Å². The monoisotopic (exact) mass is 493 g/mol. The highest BCUT2D eigenvalue weighted by atomic mass is 32.1. The summed E-state index contributed by atoms with van der Waals surface area (Å²) in [5.41, 5.74) is 3.37. The minimum Gasteiger partial charge on any atom is -0.351 e. The van der Waals surface area contributed by atoms with Crippen molar-refractivity contribution in [1.29, 1.82) is 5.26 Å². The zero-order valence-corrected chi connectivity index (χ0v) is 21.2. The molecule has 11 heteroatoms. The predicted molar refractivity (Wildman–Crippen MR) is 135 cm³/mol. The first-order valence-electron chi connectivity index (χ1n) is 11.9. The first kappa shape index (κ1) is 24.8. The van der Waals surface area contributed by atoms with E-state index in [0.717, 1.165) is 61.8 Å².